The Hall–Kier alpha value is -0.180. The second-order valence-electron chi connectivity index (χ2n) is 2.72. The summed E-state index contributed by atoms with van der Waals surface area (Å²) in [4.78, 5) is 5.08. The third-order valence-corrected chi connectivity index (χ3v) is 2.88. The topological polar surface area (TPSA) is 21.6 Å². The van der Waals surface area contributed by atoms with Gasteiger partial charge in [0.05, 0.1) is 0 Å². The summed E-state index contributed by atoms with van der Waals surface area (Å²) in [5.41, 5.74) is 0. The SMILES string of the molecule is C/C=N/OCC1CCSCC1. The number of nitrogens with zero attached hydrogens (tertiary/aromatic N) is 1. The highest BCUT2D eigenvalue weighted by atomic mass is 32.2. The number of hydrogen-bond donors (Lipinski definition) is 0. The van der Waals surface area contributed by atoms with Crippen LogP contribution in [0.1, 0.15) is 19.8 Å². The molecule has 0 radical (unpaired) electrons. The first-order valence-electron chi connectivity index (χ1n) is 4.11. The molecular weight excluding hydrogens is 158 g/mol. The molecule has 3 heteroatoms. The minimum Gasteiger partial charge on any atom is -0.396 e. The Kier molecular flexibility index (Phi) is 4.43. The van der Waals surface area contributed by atoms with Gasteiger partial charge in [0.1, 0.15) is 6.61 Å². The largest absolute Gasteiger partial charge is 0.396 e. The zero-order valence-corrected chi connectivity index (χ0v) is 7.77. The van der Waals surface area contributed by atoms with E-state index in [-0.39, 0.29) is 0 Å². The summed E-state index contributed by atoms with van der Waals surface area (Å²) in [6, 6.07) is 0. The zero-order chi connectivity index (χ0) is 7.94. The molecule has 1 heterocycles. The van der Waals surface area contributed by atoms with E-state index in [4.69, 9.17) is 4.84 Å². The Labute approximate surface area is 72.4 Å². The van der Waals surface area contributed by atoms with E-state index in [1.807, 2.05) is 18.7 Å². The number of thioether (sulfide) groups is 1. The highest BCUT2D eigenvalue weighted by Gasteiger charge is 2.13. The number of hydrogen-bond acceptors (Lipinski definition) is 3. The van der Waals surface area contributed by atoms with E-state index in [2.05, 4.69) is 5.16 Å². The quantitative estimate of drug-likeness (QED) is 0.482. The lowest BCUT2D eigenvalue weighted by atomic mass is 10.1. The Balaban J connectivity index is 2.04. The Morgan fingerprint density at radius 2 is 2.27 bits per heavy atom. The van der Waals surface area contributed by atoms with Crippen LogP contribution in [0.2, 0.25) is 0 Å². The molecule has 0 N–H and O–H groups in total. The van der Waals surface area contributed by atoms with E-state index in [1.54, 1.807) is 6.21 Å². The van der Waals surface area contributed by atoms with Crippen molar-refractivity contribution in [3.8, 4) is 0 Å². The lowest BCUT2D eigenvalue weighted by Crippen LogP contribution is -2.14. The highest BCUT2D eigenvalue weighted by molar-refractivity contribution is 7.99. The van der Waals surface area contributed by atoms with Crippen molar-refractivity contribution in [3.05, 3.63) is 0 Å². The second-order valence-corrected chi connectivity index (χ2v) is 3.94. The molecule has 1 fully saturated rings. The Morgan fingerprint density at radius 3 is 2.91 bits per heavy atom. The molecule has 0 unspecified atom stereocenters. The summed E-state index contributed by atoms with van der Waals surface area (Å²) >= 11 is 2.04. The zero-order valence-electron chi connectivity index (χ0n) is 6.95. The molecule has 0 bridgehead atoms. The van der Waals surface area contributed by atoms with Crippen molar-refractivity contribution in [2.24, 2.45) is 11.1 Å². The van der Waals surface area contributed by atoms with Crippen LogP contribution >= 0.6 is 11.8 Å². The fraction of sp³-hybridized carbons (Fsp3) is 0.875. The van der Waals surface area contributed by atoms with Crippen LogP contribution in [0, 0.1) is 5.92 Å². The van der Waals surface area contributed by atoms with E-state index in [0.29, 0.717) is 0 Å². The molecule has 64 valence electrons. The summed E-state index contributed by atoms with van der Waals surface area (Å²) in [5.74, 6) is 3.34. The van der Waals surface area contributed by atoms with Gasteiger partial charge in [-0.3, -0.25) is 0 Å². The maximum Gasteiger partial charge on any atom is 0.120 e. The molecule has 11 heavy (non-hydrogen) atoms. The standard InChI is InChI=1S/C8H15NOS/c1-2-9-10-7-8-3-5-11-6-4-8/h2,8H,3-7H2,1H3/b9-2+. The van der Waals surface area contributed by atoms with Crippen molar-refractivity contribution in [1.82, 2.24) is 0 Å². The summed E-state index contributed by atoms with van der Waals surface area (Å²) in [7, 11) is 0. The van der Waals surface area contributed by atoms with Crippen molar-refractivity contribution < 1.29 is 4.84 Å². The van der Waals surface area contributed by atoms with Gasteiger partial charge < -0.3 is 4.84 Å². The first-order chi connectivity index (χ1) is 5.43. The molecular formula is C8H15NOS. The monoisotopic (exact) mass is 173 g/mol. The van der Waals surface area contributed by atoms with Crippen LogP contribution in [0.4, 0.5) is 0 Å². The van der Waals surface area contributed by atoms with Gasteiger partial charge in [-0.1, -0.05) is 5.16 Å². The van der Waals surface area contributed by atoms with Gasteiger partial charge in [0.25, 0.3) is 0 Å². The smallest absolute Gasteiger partial charge is 0.120 e. The van der Waals surface area contributed by atoms with E-state index < -0.39 is 0 Å². The lowest BCUT2D eigenvalue weighted by Gasteiger charge is -2.19. The van der Waals surface area contributed by atoms with Crippen molar-refractivity contribution >= 4 is 18.0 Å². The highest BCUT2D eigenvalue weighted by Crippen LogP contribution is 2.22. The van der Waals surface area contributed by atoms with Crippen LogP contribution in [0.3, 0.4) is 0 Å². The van der Waals surface area contributed by atoms with Crippen LogP contribution in [0.5, 0.6) is 0 Å². The van der Waals surface area contributed by atoms with Gasteiger partial charge in [-0.15, -0.1) is 0 Å². The molecule has 0 aliphatic carbocycles. The van der Waals surface area contributed by atoms with E-state index in [1.165, 1.54) is 24.3 Å². The average Bonchev–Trinajstić information content (AvgIpc) is 2.07. The van der Waals surface area contributed by atoms with Gasteiger partial charge in [0, 0.05) is 6.21 Å². The molecule has 1 aliphatic rings. The van der Waals surface area contributed by atoms with Gasteiger partial charge >= 0.3 is 0 Å². The molecule has 1 aliphatic heterocycles. The van der Waals surface area contributed by atoms with Gasteiger partial charge in [0.2, 0.25) is 0 Å². The normalized spacial score (nSPS) is 20.8. The molecule has 1 saturated heterocycles. The van der Waals surface area contributed by atoms with Crippen LogP contribution in [0.15, 0.2) is 5.16 Å². The summed E-state index contributed by atoms with van der Waals surface area (Å²) in [6.07, 6.45) is 4.28. The maximum atomic E-state index is 5.08. The fourth-order valence-electron chi connectivity index (χ4n) is 1.14. The van der Waals surface area contributed by atoms with E-state index in [0.717, 1.165) is 12.5 Å². The molecule has 0 saturated carbocycles. The van der Waals surface area contributed by atoms with Crippen LogP contribution in [-0.4, -0.2) is 24.3 Å². The van der Waals surface area contributed by atoms with E-state index >= 15 is 0 Å². The van der Waals surface area contributed by atoms with E-state index in [9.17, 15) is 0 Å². The number of oxime groups is 1. The lowest BCUT2D eigenvalue weighted by molar-refractivity contribution is 0.105. The van der Waals surface area contributed by atoms with Crippen molar-refractivity contribution in [3.63, 3.8) is 0 Å². The van der Waals surface area contributed by atoms with Crippen LogP contribution < -0.4 is 0 Å². The molecule has 0 aromatic carbocycles. The summed E-state index contributed by atoms with van der Waals surface area (Å²) in [5, 5.41) is 3.73. The van der Waals surface area contributed by atoms with Crippen molar-refractivity contribution in [2.45, 2.75) is 19.8 Å². The third-order valence-electron chi connectivity index (χ3n) is 1.83. The Bertz CT molecular complexity index is 121. The number of rotatable bonds is 3. The molecule has 1 rings (SSSR count). The minimum atomic E-state index is 0.750. The van der Waals surface area contributed by atoms with Crippen LogP contribution in [-0.2, 0) is 4.84 Å². The fourth-order valence-corrected chi connectivity index (χ4v) is 2.34. The van der Waals surface area contributed by atoms with Gasteiger partial charge in [-0.2, -0.15) is 11.8 Å². The van der Waals surface area contributed by atoms with Gasteiger partial charge in [-0.05, 0) is 37.2 Å². The Morgan fingerprint density at radius 1 is 1.55 bits per heavy atom. The predicted octanol–water partition coefficient (Wildman–Crippen LogP) is 2.15. The average molecular weight is 173 g/mol. The predicted molar refractivity (Wildman–Crippen MR) is 50.2 cm³/mol. The molecule has 0 spiro atoms. The minimum absolute atomic E-state index is 0.750. The van der Waals surface area contributed by atoms with Gasteiger partial charge in [-0.25, -0.2) is 0 Å². The summed E-state index contributed by atoms with van der Waals surface area (Å²) in [6.45, 7) is 2.68. The molecule has 0 amide bonds. The van der Waals surface area contributed by atoms with Crippen molar-refractivity contribution in [2.75, 3.05) is 18.1 Å². The first kappa shape index (κ1) is 8.91. The summed E-state index contributed by atoms with van der Waals surface area (Å²) < 4.78 is 0. The first-order valence-corrected chi connectivity index (χ1v) is 5.26. The molecule has 0 aromatic heterocycles. The molecule has 2 nitrogen and oxygen atoms in total. The molecule has 0 aromatic rings. The molecule has 0 atom stereocenters. The van der Waals surface area contributed by atoms with Crippen LogP contribution in [0.25, 0.3) is 0 Å². The third kappa shape index (κ3) is 3.65. The maximum absolute atomic E-state index is 5.08. The van der Waals surface area contributed by atoms with Crippen molar-refractivity contribution in [1.29, 1.82) is 0 Å². The van der Waals surface area contributed by atoms with Gasteiger partial charge in [0.15, 0.2) is 0 Å². The second kappa shape index (κ2) is 5.47.